The van der Waals surface area contributed by atoms with Gasteiger partial charge in [-0.3, -0.25) is 14.9 Å². The third-order valence-electron chi connectivity index (χ3n) is 4.02. The number of benzene rings is 1. The largest absolute Gasteiger partial charge is 0.338 e. The van der Waals surface area contributed by atoms with Crippen molar-refractivity contribution in [2.45, 2.75) is 26.2 Å². The van der Waals surface area contributed by atoms with E-state index in [1.807, 2.05) is 4.90 Å². The summed E-state index contributed by atoms with van der Waals surface area (Å²) < 4.78 is 0. The molecule has 1 aromatic rings. The molecule has 6 heteroatoms. The molecule has 21 heavy (non-hydrogen) atoms. The van der Waals surface area contributed by atoms with Crippen LogP contribution in [0.1, 0.15) is 35.2 Å². The second-order valence-corrected chi connectivity index (χ2v) is 5.60. The second-order valence-electron chi connectivity index (χ2n) is 5.60. The van der Waals surface area contributed by atoms with E-state index in [0.29, 0.717) is 23.6 Å². The highest BCUT2D eigenvalue weighted by Crippen LogP contribution is 2.23. The summed E-state index contributed by atoms with van der Waals surface area (Å²) in [6.45, 7) is 3.77. The number of nitrogens with two attached hydrogens (primary N) is 1. The van der Waals surface area contributed by atoms with E-state index < -0.39 is 4.92 Å². The SMILES string of the molecule is Cc1cc(C(=O)N2CCCC(CCN)C2)ccc1[N+](=O)[O-]. The van der Waals surface area contributed by atoms with Gasteiger partial charge in [0.05, 0.1) is 4.92 Å². The summed E-state index contributed by atoms with van der Waals surface area (Å²) in [5.41, 5.74) is 6.67. The molecular weight excluding hydrogens is 270 g/mol. The number of likely N-dealkylation sites (tertiary alicyclic amines) is 1. The van der Waals surface area contributed by atoms with Crippen LogP contribution >= 0.6 is 0 Å². The third-order valence-corrected chi connectivity index (χ3v) is 4.02. The van der Waals surface area contributed by atoms with Crippen molar-refractivity contribution in [3.8, 4) is 0 Å². The van der Waals surface area contributed by atoms with Gasteiger partial charge in [0.15, 0.2) is 0 Å². The van der Waals surface area contributed by atoms with Crippen molar-refractivity contribution in [2.24, 2.45) is 11.7 Å². The number of carbonyl (C=O) groups excluding carboxylic acids is 1. The molecule has 0 aromatic heterocycles. The van der Waals surface area contributed by atoms with Crippen LogP contribution in [-0.4, -0.2) is 35.4 Å². The standard InChI is InChI=1S/C15H21N3O3/c1-11-9-13(4-5-14(11)18(20)21)15(19)17-8-2-3-12(10-17)6-7-16/h4-5,9,12H,2-3,6-8,10,16H2,1H3. The topological polar surface area (TPSA) is 89.5 Å². The molecule has 1 heterocycles. The molecule has 0 spiro atoms. The van der Waals surface area contributed by atoms with Gasteiger partial charge in [0.2, 0.25) is 0 Å². The zero-order valence-electron chi connectivity index (χ0n) is 12.2. The lowest BCUT2D eigenvalue weighted by atomic mass is 9.94. The molecule has 2 rings (SSSR count). The summed E-state index contributed by atoms with van der Waals surface area (Å²) in [5, 5.41) is 10.8. The van der Waals surface area contributed by atoms with Crippen LogP contribution in [0.15, 0.2) is 18.2 Å². The molecule has 0 aliphatic carbocycles. The molecule has 1 saturated heterocycles. The number of carbonyl (C=O) groups is 1. The Kier molecular flexibility index (Phi) is 4.90. The molecule has 114 valence electrons. The van der Waals surface area contributed by atoms with E-state index in [0.717, 1.165) is 32.4 Å². The van der Waals surface area contributed by atoms with Crippen LogP contribution in [0.25, 0.3) is 0 Å². The maximum atomic E-state index is 12.5. The summed E-state index contributed by atoms with van der Waals surface area (Å²) in [5.74, 6) is 0.418. The highest BCUT2D eigenvalue weighted by atomic mass is 16.6. The Morgan fingerprint density at radius 3 is 2.90 bits per heavy atom. The Balaban J connectivity index is 2.12. The summed E-state index contributed by atoms with van der Waals surface area (Å²) in [4.78, 5) is 24.7. The number of nitro benzene ring substituents is 1. The summed E-state index contributed by atoms with van der Waals surface area (Å²) in [7, 11) is 0. The van der Waals surface area contributed by atoms with E-state index in [4.69, 9.17) is 5.73 Å². The number of piperidine rings is 1. The average Bonchev–Trinajstić information content (AvgIpc) is 2.46. The van der Waals surface area contributed by atoms with Gasteiger partial charge in [-0.1, -0.05) is 0 Å². The van der Waals surface area contributed by atoms with Gasteiger partial charge < -0.3 is 10.6 Å². The van der Waals surface area contributed by atoms with Crippen LogP contribution in [0.5, 0.6) is 0 Å². The third kappa shape index (κ3) is 3.58. The van der Waals surface area contributed by atoms with E-state index >= 15 is 0 Å². The molecule has 6 nitrogen and oxygen atoms in total. The van der Waals surface area contributed by atoms with Crippen LogP contribution in [0, 0.1) is 23.0 Å². The molecule has 0 bridgehead atoms. The van der Waals surface area contributed by atoms with Crippen LogP contribution in [0.2, 0.25) is 0 Å². The molecule has 1 aliphatic heterocycles. The van der Waals surface area contributed by atoms with Crippen molar-refractivity contribution >= 4 is 11.6 Å². The highest BCUT2D eigenvalue weighted by molar-refractivity contribution is 5.94. The van der Waals surface area contributed by atoms with Gasteiger partial charge in [-0.25, -0.2) is 0 Å². The Morgan fingerprint density at radius 1 is 1.52 bits per heavy atom. The van der Waals surface area contributed by atoms with Gasteiger partial charge in [-0.05, 0) is 50.8 Å². The number of aryl methyl sites for hydroxylation is 1. The molecular formula is C15H21N3O3. The van der Waals surface area contributed by atoms with Gasteiger partial charge in [-0.2, -0.15) is 0 Å². The minimum atomic E-state index is -0.429. The van der Waals surface area contributed by atoms with Gasteiger partial charge in [-0.15, -0.1) is 0 Å². The number of hydrogen-bond acceptors (Lipinski definition) is 4. The lowest BCUT2D eigenvalue weighted by molar-refractivity contribution is -0.385. The molecule has 0 saturated carbocycles. The first-order valence-corrected chi connectivity index (χ1v) is 7.27. The fraction of sp³-hybridized carbons (Fsp3) is 0.533. The van der Waals surface area contributed by atoms with Crippen molar-refractivity contribution in [3.05, 3.63) is 39.4 Å². The minimum absolute atomic E-state index is 0.0466. The molecule has 1 aliphatic rings. The Bertz CT molecular complexity index is 543. The molecule has 1 fully saturated rings. The zero-order chi connectivity index (χ0) is 15.4. The van der Waals surface area contributed by atoms with Crippen LogP contribution in [0.3, 0.4) is 0 Å². The smallest absolute Gasteiger partial charge is 0.272 e. The molecule has 1 amide bonds. The van der Waals surface area contributed by atoms with Crippen LogP contribution in [0.4, 0.5) is 5.69 Å². The van der Waals surface area contributed by atoms with E-state index in [1.54, 1.807) is 19.1 Å². The number of rotatable bonds is 4. The minimum Gasteiger partial charge on any atom is -0.338 e. The number of nitrogens with zero attached hydrogens (tertiary/aromatic N) is 2. The van der Waals surface area contributed by atoms with Gasteiger partial charge in [0, 0.05) is 30.3 Å². The highest BCUT2D eigenvalue weighted by Gasteiger charge is 2.24. The van der Waals surface area contributed by atoms with Crippen LogP contribution < -0.4 is 5.73 Å². The Labute approximate surface area is 124 Å². The quantitative estimate of drug-likeness (QED) is 0.679. The van der Waals surface area contributed by atoms with E-state index in [1.165, 1.54) is 6.07 Å². The van der Waals surface area contributed by atoms with Crippen molar-refractivity contribution < 1.29 is 9.72 Å². The molecule has 1 atom stereocenters. The van der Waals surface area contributed by atoms with Gasteiger partial charge >= 0.3 is 0 Å². The van der Waals surface area contributed by atoms with Gasteiger partial charge in [0.25, 0.3) is 11.6 Å². The Morgan fingerprint density at radius 2 is 2.29 bits per heavy atom. The van der Waals surface area contributed by atoms with Crippen molar-refractivity contribution in [1.82, 2.24) is 4.90 Å². The monoisotopic (exact) mass is 291 g/mol. The lowest BCUT2D eigenvalue weighted by Crippen LogP contribution is -2.40. The van der Waals surface area contributed by atoms with Gasteiger partial charge in [0.1, 0.15) is 0 Å². The first kappa shape index (κ1) is 15.4. The normalized spacial score (nSPS) is 18.6. The first-order valence-electron chi connectivity index (χ1n) is 7.27. The summed E-state index contributed by atoms with van der Waals surface area (Å²) in [6.07, 6.45) is 3.03. The maximum absolute atomic E-state index is 12.5. The lowest BCUT2D eigenvalue weighted by Gasteiger charge is -2.32. The summed E-state index contributed by atoms with van der Waals surface area (Å²) >= 11 is 0. The molecule has 2 N–H and O–H groups in total. The molecule has 1 aromatic carbocycles. The second kappa shape index (κ2) is 6.67. The summed E-state index contributed by atoms with van der Waals surface area (Å²) in [6, 6.07) is 4.55. The number of nitro groups is 1. The van der Waals surface area contributed by atoms with E-state index in [2.05, 4.69) is 0 Å². The fourth-order valence-corrected chi connectivity index (χ4v) is 2.90. The van der Waals surface area contributed by atoms with Crippen molar-refractivity contribution in [1.29, 1.82) is 0 Å². The molecule has 1 unspecified atom stereocenters. The maximum Gasteiger partial charge on any atom is 0.272 e. The first-order chi connectivity index (χ1) is 10.0. The fourth-order valence-electron chi connectivity index (χ4n) is 2.90. The van der Waals surface area contributed by atoms with Crippen molar-refractivity contribution in [3.63, 3.8) is 0 Å². The Hall–Kier alpha value is -1.95. The number of amides is 1. The number of hydrogen-bond donors (Lipinski definition) is 1. The van der Waals surface area contributed by atoms with E-state index in [-0.39, 0.29) is 11.6 Å². The predicted octanol–water partition coefficient (Wildman–Crippen LogP) is 2.10. The van der Waals surface area contributed by atoms with E-state index in [9.17, 15) is 14.9 Å². The van der Waals surface area contributed by atoms with Crippen LogP contribution in [-0.2, 0) is 0 Å². The zero-order valence-corrected chi connectivity index (χ0v) is 12.2. The molecule has 0 radical (unpaired) electrons. The predicted molar refractivity (Wildman–Crippen MR) is 80.1 cm³/mol. The average molecular weight is 291 g/mol. The van der Waals surface area contributed by atoms with Crippen molar-refractivity contribution in [2.75, 3.05) is 19.6 Å².